The molecule has 3 heterocycles. The molecule has 82 valence electrons. The summed E-state index contributed by atoms with van der Waals surface area (Å²) >= 11 is 0. The van der Waals surface area contributed by atoms with E-state index in [4.69, 9.17) is 0 Å². The number of fused-ring (bicyclic) bond motifs is 1. The molecule has 0 bridgehead atoms. The molecule has 2 aromatic heterocycles. The van der Waals surface area contributed by atoms with E-state index in [9.17, 15) is 5.11 Å². The molecule has 0 saturated carbocycles. The van der Waals surface area contributed by atoms with Crippen molar-refractivity contribution in [3.8, 4) is 11.5 Å². The number of pyridine rings is 1. The predicted octanol–water partition coefficient (Wildman–Crippen LogP) is 1.17. The van der Waals surface area contributed by atoms with Gasteiger partial charge in [0, 0.05) is 12.6 Å². The van der Waals surface area contributed by atoms with Crippen molar-refractivity contribution < 1.29 is 5.11 Å². The Morgan fingerprint density at radius 3 is 3.06 bits per heavy atom. The third kappa shape index (κ3) is 1.49. The quantitative estimate of drug-likeness (QED) is 0.777. The van der Waals surface area contributed by atoms with E-state index in [2.05, 4.69) is 15.1 Å². The number of aliphatic hydroxyl groups excluding tert-OH is 1. The molecule has 0 spiro atoms. The average molecular weight is 216 g/mol. The first-order valence-electron chi connectivity index (χ1n) is 5.39. The van der Waals surface area contributed by atoms with Crippen LogP contribution in [-0.2, 0) is 6.42 Å². The lowest BCUT2D eigenvalue weighted by Crippen LogP contribution is -2.18. The Morgan fingerprint density at radius 2 is 2.31 bits per heavy atom. The van der Waals surface area contributed by atoms with Crippen molar-refractivity contribution in [1.82, 2.24) is 19.7 Å². The minimum Gasteiger partial charge on any atom is -0.372 e. The molecule has 1 atom stereocenters. The summed E-state index contributed by atoms with van der Waals surface area (Å²) in [5.41, 5.74) is 0.747. The molecule has 1 unspecified atom stereocenters. The first-order chi connectivity index (χ1) is 7.84. The van der Waals surface area contributed by atoms with Gasteiger partial charge in [0.05, 0.1) is 0 Å². The van der Waals surface area contributed by atoms with Crippen molar-refractivity contribution >= 4 is 0 Å². The van der Waals surface area contributed by atoms with Crippen LogP contribution >= 0.6 is 0 Å². The third-order valence-electron chi connectivity index (χ3n) is 2.74. The van der Waals surface area contributed by atoms with Crippen molar-refractivity contribution in [1.29, 1.82) is 0 Å². The van der Waals surface area contributed by atoms with E-state index in [1.165, 1.54) is 0 Å². The lowest BCUT2D eigenvalue weighted by Gasteiger charge is -2.17. The van der Waals surface area contributed by atoms with Crippen LogP contribution in [0.25, 0.3) is 11.5 Å². The summed E-state index contributed by atoms with van der Waals surface area (Å²) in [4.78, 5) is 8.60. The maximum Gasteiger partial charge on any atom is 0.200 e. The fourth-order valence-electron chi connectivity index (χ4n) is 1.93. The van der Waals surface area contributed by atoms with Crippen molar-refractivity contribution in [3.63, 3.8) is 0 Å². The maximum atomic E-state index is 9.76. The van der Waals surface area contributed by atoms with Gasteiger partial charge >= 0.3 is 0 Å². The summed E-state index contributed by atoms with van der Waals surface area (Å²) < 4.78 is 1.60. The third-order valence-corrected chi connectivity index (χ3v) is 2.74. The number of aromatic nitrogens is 4. The summed E-state index contributed by atoms with van der Waals surface area (Å²) in [6, 6.07) is 5.63. The second-order valence-corrected chi connectivity index (χ2v) is 3.88. The van der Waals surface area contributed by atoms with Gasteiger partial charge in [-0.05, 0) is 25.0 Å². The predicted molar refractivity (Wildman–Crippen MR) is 57.4 cm³/mol. The fraction of sp³-hybridized carbons (Fsp3) is 0.364. The van der Waals surface area contributed by atoms with Gasteiger partial charge in [-0.2, -0.15) is 0 Å². The van der Waals surface area contributed by atoms with Crippen molar-refractivity contribution in [2.75, 3.05) is 0 Å². The SMILES string of the molecule is OC1CCCc2nc(-c3ccccn3)nn21. The van der Waals surface area contributed by atoms with Gasteiger partial charge in [0.1, 0.15) is 17.7 Å². The minimum absolute atomic E-state index is 0.534. The highest BCUT2D eigenvalue weighted by Gasteiger charge is 2.21. The summed E-state index contributed by atoms with van der Waals surface area (Å²) in [5, 5.41) is 14.1. The van der Waals surface area contributed by atoms with E-state index in [1.54, 1.807) is 10.9 Å². The Kier molecular flexibility index (Phi) is 2.18. The van der Waals surface area contributed by atoms with E-state index in [-0.39, 0.29) is 0 Å². The van der Waals surface area contributed by atoms with Crippen LogP contribution in [0.15, 0.2) is 24.4 Å². The zero-order valence-corrected chi connectivity index (χ0v) is 8.74. The van der Waals surface area contributed by atoms with Crippen LogP contribution in [0.2, 0.25) is 0 Å². The first-order valence-corrected chi connectivity index (χ1v) is 5.39. The Hall–Kier alpha value is -1.75. The number of aliphatic hydroxyl groups is 1. The van der Waals surface area contributed by atoms with Crippen LogP contribution in [-0.4, -0.2) is 24.9 Å². The van der Waals surface area contributed by atoms with Crippen LogP contribution in [0.4, 0.5) is 0 Å². The zero-order valence-electron chi connectivity index (χ0n) is 8.74. The van der Waals surface area contributed by atoms with Gasteiger partial charge in [-0.3, -0.25) is 4.98 Å². The monoisotopic (exact) mass is 216 g/mol. The van der Waals surface area contributed by atoms with Crippen molar-refractivity contribution in [2.24, 2.45) is 0 Å². The molecule has 0 aliphatic carbocycles. The van der Waals surface area contributed by atoms with Gasteiger partial charge in [0.15, 0.2) is 5.82 Å². The number of nitrogens with zero attached hydrogens (tertiary/aromatic N) is 4. The van der Waals surface area contributed by atoms with E-state index in [0.717, 1.165) is 30.8 Å². The molecule has 5 nitrogen and oxygen atoms in total. The molecular weight excluding hydrogens is 204 g/mol. The topological polar surface area (TPSA) is 63.8 Å². The number of hydrogen-bond acceptors (Lipinski definition) is 4. The van der Waals surface area contributed by atoms with Gasteiger partial charge in [0.25, 0.3) is 0 Å². The highest BCUT2D eigenvalue weighted by molar-refractivity contribution is 5.47. The zero-order chi connectivity index (χ0) is 11.0. The maximum absolute atomic E-state index is 9.76. The Balaban J connectivity index is 2.05. The average Bonchev–Trinajstić information content (AvgIpc) is 2.76. The molecule has 0 fully saturated rings. The molecule has 0 aromatic carbocycles. The number of rotatable bonds is 1. The summed E-state index contributed by atoms with van der Waals surface area (Å²) in [6.07, 6.45) is 3.76. The molecule has 1 aliphatic rings. The standard InChI is InChI=1S/C11H12N4O/c16-10-6-3-5-9-13-11(14-15(9)10)8-4-1-2-7-12-8/h1-2,4,7,10,16H,3,5-6H2. The Bertz CT molecular complexity index is 494. The molecule has 3 rings (SSSR count). The molecular formula is C11H12N4O. The summed E-state index contributed by atoms with van der Waals surface area (Å²) in [7, 11) is 0. The second-order valence-electron chi connectivity index (χ2n) is 3.88. The van der Waals surface area contributed by atoms with Crippen LogP contribution in [0.1, 0.15) is 24.9 Å². The number of aryl methyl sites for hydroxylation is 1. The molecule has 1 aliphatic heterocycles. The van der Waals surface area contributed by atoms with E-state index >= 15 is 0 Å². The summed E-state index contributed by atoms with van der Waals surface area (Å²) in [5.74, 6) is 1.44. The van der Waals surface area contributed by atoms with E-state index in [1.807, 2.05) is 18.2 Å². The molecule has 5 heteroatoms. The Labute approximate surface area is 92.8 Å². The smallest absolute Gasteiger partial charge is 0.200 e. The first kappa shape index (κ1) is 9.47. The molecule has 0 saturated heterocycles. The highest BCUT2D eigenvalue weighted by Crippen LogP contribution is 2.23. The van der Waals surface area contributed by atoms with Gasteiger partial charge in [0.2, 0.25) is 0 Å². The van der Waals surface area contributed by atoms with Crippen LogP contribution < -0.4 is 0 Å². The van der Waals surface area contributed by atoms with Crippen LogP contribution in [0, 0.1) is 0 Å². The molecule has 2 aromatic rings. The van der Waals surface area contributed by atoms with E-state index < -0.39 is 6.23 Å². The molecule has 16 heavy (non-hydrogen) atoms. The largest absolute Gasteiger partial charge is 0.372 e. The van der Waals surface area contributed by atoms with Crippen molar-refractivity contribution in [2.45, 2.75) is 25.5 Å². The lowest BCUT2D eigenvalue weighted by molar-refractivity contribution is 0.0648. The lowest BCUT2D eigenvalue weighted by atomic mass is 10.1. The molecule has 0 radical (unpaired) electrons. The fourth-order valence-corrected chi connectivity index (χ4v) is 1.93. The number of hydrogen-bond donors (Lipinski definition) is 1. The van der Waals surface area contributed by atoms with Crippen molar-refractivity contribution in [3.05, 3.63) is 30.2 Å². The van der Waals surface area contributed by atoms with E-state index in [0.29, 0.717) is 5.82 Å². The Morgan fingerprint density at radius 1 is 1.38 bits per heavy atom. The highest BCUT2D eigenvalue weighted by atomic mass is 16.3. The minimum atomic E-state index is -0.534. The van der Waals surface area contributed by atoms with Crippen LogP contribution in [0.3, 0.4) is 0 Å². The van der Waals surface area contributed by atoms with Crippen LogP contribution in [0.5, 0.6) is 0 Å². The van der Waals surface area contributed by atoms with Gasteiger partial charge in [-0.25, -0.2) is 9.67 Å². The van der Waals surface area contributed by atoms with Gasteiger partial charge in [-0.15, -0.1) is 5.10 Å². The van der Waals surface area contributed by atoms with Gasteiger partial charge < -0.3 is 5.11 Å². The molecule has 1 N–H and O–H groups in total. The summed E-state index contributed by atoms with van der Waals surface area (Å²) in [6.45, 7) is 0. The normalized spacial score (nSPS) is 19.4. The van der Waals surface area contributed by atoms with Gasteiger partial charge in [-0.1, -0.05) is 6.07 Å². The second kappa shape index (κ2) is 3.68. The molecule has 0 amide bonds.